The quantitative estimate of drug-likeness (QED) is 0.615. The lowest BCUT2D eigenvalue weighted by atomic mass is 9.70. The molecular weight excluding hydrogens is 382 g/mol. The van der Waals surface area contributed by atoms with Gasteiger partial charge in [-0.05, 0) is 89.3 Å². The number of ether oxygens (including phenoxy) is 2. The van der Waals surface area contributed by atoms with Crippen LogP contribution in [0.25, 0.3) is 0 Å². The van der Waals surface area contributed by atoms with Gasteiger partial charge in [0.15, 0.2) is 0 Å². The molecular formula is C24H35NO3S. The first-order chi connectivity index (χ1) is 13.8. The maximum absolute atomic E-state index is 13.0. The number of nitrogens with zero attached hydrogens (tertiary/aromatic N) is 1. The highest BCUT2D eigenvalue weighted by atomic mass is 32.2. The highest BCUT2D eigenvalue weighted by Crippen LogP contribution is 2.49. The van der Waals surface area contributed by atoms with Crippen molar-refractivity contribution in [2.24, 2.45) is 15.7 Å². The summed E-state index contributed by atoms with van der Waals surface area (Å²) >= 11 is -1.27. The topological polar surface area (TPSA) is 53.9 Å². The summed E-state index contributed by atoms with van der Waals surface area (Å²) in [6.07, 6.45) is 9.38. The van der Waals surface area contributed by atoms with E-state index in [0.717, 1.165) is 55.7 Å². The fraction of sp³-hybridized carbons (Fsp3) is 0.708. The van der Waals surface area contributed by atoms with Gasteiger partial charge in [0.05, 0.1) is 12.7 Å². The molecule has 1 atom stereocenters. The van der Waals surface area contributed by atoms with E-state index in [-0.39, 0.29) is 10.2 Å². The van der Waals surface area contributed by atoms with Crippen LogP contribution in [0.5, 0.6) is 5.75 Å². The molecule has 0 radical (unpaired) electrons. The van der Waals surface area contributed by atoms with Crippen molar-refractivity contribution < 1.29 is 14.0 Å². The summed E-state index contributed by atoms with van der Waals surface area (Å²) in [6, 6.07) is 6.47. The number of rotatable bonds is 5. The van der Waals surface area contributed by atoms with Crippen molar-refractivity contribution in [2.45, 2.75) is 83.0 Å². The van der Waals surface area contributed by atoms with E-state index in [1.807, 2.05) is 20.8 Å². The van der Waals surface area contributed by atoms with Crippen molar-refractivity contribution in [3.8, 4) is 5.75 Å². The van der Waals surface area contributed by atoms with Gasteiger partial charge in [-0.2, -0.15) is 0 Å². The van der Waals surface area contributed by atoms with Crippen LogP contribution in [0.4, 0.5) is 0 Å². The van der Waals surface area contributed by atoms with Crippen LogP contribution in [0.3, 0.4) is 0 Å². The molecule has 0 heterocycles. The molecule has 1 unspecified atom stereocenters. The Morgan fingerprint density at radius 1 is 1.17 bits per heavy atom. The number of hydrogen-bond donors (Lipinski definition) is 0. The van der Waals surface area contributed by atoms with Gasteiger partial charge in [-0.3, -0.25) is 0 Å². The third-order valence-electron chi connectivity index (χ3n) is 7.00. The van der Waals surface area contributed by atoms with E-state index in [1.54, 1.807) is 7.11 Å². The molecule has 0 N–H and O–H groups in total. The zero-order valence-electron chi connectivity index (χ0n) is 18.3. The Kier molecular flexibility index (Phi) is 6.02. The largest absolute Gasteiger partial charge is 0.591 e. The predicted molar refractivity (Wildman–Crippen MR) is 119 cm³/mol. The molecule has 2 saturated carbocycles. The molecule has 4 nitrogen and oxygen atoms in total. The fourth-order valence-electron chi connectivity index (χ4n) is 4.79. The molecule has 1 spiro atoms. The van der Waals surface area contributed by atoms with Crippen molar-refractivity contribution in [3.63, 3.8) is 0 Å². The Bertz CT molecular complexity index is 758. The second-order valence-corrected chi connectivity index (χ2v) is 12.0. The van der Waals surface area contributed by atoms with E-state index in [4.69, 9.17) is 13.9 Å². The lowest BCUT2D eigenvalue weighted by Crippen LogP contribution is -2.37. The molecule has 0 amide bonds. The first-order valence-electron chi connectivity index (χ1n) is 11.1. The van der Waals surface area contributed by atoms with Crippen LogP contribution >= 0.6 is 0 Å². The summed E-state index contributed by atoms with van der Waals surface area (Å²) in [5, 5.41) is 0. The second kappa shape index (κ2) is 8.24. The zero-order valence-corrected chi connectivity index (χ0v) is 19.1. The average Bonchev–Trinajstić information content (AvgIpc) is 2.93. The summed E-state index contributed by atoms with van der Waals surface area (Å²) in [4.78, 5) is 0. The fourth-order valence-corrected chi connectivity index (χ4v) is 5.52. The highest BCUT2D eigenvalue weighted by Gasteiger charge is 2.48. The Balaban J connectivity index is 1.64. The molecule has 1 aromatic rings. The third-order valence-corrected chi connectivity index (χ3v) is 8.40. The van der Waals surface area contributed by atoms with E-state index in [0.29, 0.717) is 12.0 Å². The van der Waals surface area contributed by atoms with Crippen molar-refractivity contribution in [1.82, 2.24) is 0 Å². The molecule has 0 saturated heterocycles. The van der Waals surface area contributed by atoms with Gasteiger partial charge in [0, 0.05) is 18.1 Å². The van der Waals surface area contributed by atoms with E-state index >= 15 is 0 Å². The van der Waals surface area contributed by atoms with Crippen molar-refractivity contribution in [3.05, 3.63) is 29.3 Å². The maximum Gasteiger partial charge on any atom is 0.144 e. The lowest BCUT2D eigenvalue weighted by Gasteiger charge is -2.37. The van der Waals surface area contributed by atoms with E-state index in [1.165, 1.54) is 24.8 Å². The van der Waals surface area contributed by atoms with Crippen LogP contribution in [-0.4, -0.2) is 34.8 Å². The average molecular weight is 418 g/mol. The Morgan fingerprint density at radius 3 is 2.48 bits per heavy atom. The Labute approximate surface area is 178 Å². The normalized spacial score (nSPS) is 29.7. The molecule has 0 bridgehead atoms. The molecule has 1 aromatic carbocycles. The van der Waals surface area contributed by atoms with Gasteiger partial charge in [-0.15, -0.1) is 0 Å². The Hall–Kier alpha value is -1.04. The number of benzene rings is 1. The summed E-state index contributed by atoms with van der Waals surface area (Å²) in [6.45, 7) is 6.79. The van der Waals surface area contributed by atoms with Crippen LogP contribution in [-0.2, 0) is 22.5 Å². The molecule has 2 fully saturated rings. The van der Waals surface area contributed by atoms with Crippen LogP contribution in [0.15, 0.2) is 22.6 Å². The highest BCUT2D eigenvalue weighted by molar-refractivity contribution is 7.91. The molecule has 0 aromatic heterocycles. The van der Waals surface area contributed by atoms with Crippen molar-refractivity contribution in [1.29, 1.82) is 0 Å². The summed E-state index contributed by atoms with van der Waals surface area (Å²) < 4.78 is 29.2. The maximum atomic E-state index is 13.0. The summed E-state index contributed by atoms with van der Waals surface area (Å²) in [7, 11) is 1.81. The molecule has 160 valence electrons. The summed E-state index contributed by atoms with van der Waals surface area (Å²) in [5.41, 5.74) is 3.51. The molecule has 3 aliphatic carbocycles. The minimum Gasteiger partial charge on any atom is -0.591 e. The SMILES string of the molecule is CO[C@H]1CC[C@]2(CC1)Cc1ccc(OCC3CCC3)cc1C2=N[S+]([O-])C(C)(C)C. The molecule has 5 heteroatoms. The van der Waals surface area contributed by atoms with Crippen LogP contribution in [0.2, 0.25) is 0 Å². The second-order valence-electron chi connectivity index (χ2n) is 10.1. The molecule has 3 aliphatic rings. The monoisotopic (exact) mass is 417 g/mol. The Morgan fingerprint density at radius 2 is 1.90 bits per heavy atom. The van der Waals surface area contributed by atoms with E-state index in [9.17, 15) is 4.55 Å². The van der Waals surface area contributed by atoms with E-state index < -0.39 is 11.4 Å². The zero-order chi connectivity index (χ0) is 20.6. The van der Waals surface area contributed by atoms with Gasteiger partial charge in [0.25, 0.3) is 0 Å². The van der Waals surface area contributed by atoms with Gasteiger partial charge in [-0.25, -0.2) is 0 Å². The first kappa shape index (κ1) is 21.2. The van der Waals surface area contributed by atoms with Gasteiger partial charge in [0.2, 0.25) is 0 Å². The predicted octanol–water partition coefficient (Wildman–Crippen LogP) is 5.25. The summed E-state index contributed by atoms with van der Waals surface area (Å²) in [5.74, 6) is 1.63. The molecule has 4 rings (SSSR count). The van der Waals surface area contributed by atoms with Gasteiger partial charge in [0.1, 0.15) is 27.6 Å². The van der Waals surface area contributed by atoms with Gasteiger partial charge < -0.3 is 14.0 Å². The minimum atomic E-state index is -1.27. The number of fused-ring (bicyclic) bond motifs is 1. The van der Waals surface area contributed by atoms with Gasteiger partial charge >= 0.3 is 0 Å². The van der Waals surface area contributed by atoms with Crippen LogP contribution < -0.4 is 4.74 Å². The molecule has 29 heavy (non-hydrogen) atoms. The number of hydrogen-bond acceptors (Lipinski definition) is 4. The third kappa shape index (κ3) is 4.38. The van der Waals surface area contributed by atoms with Crippen LogP contribution in [0.1, 0.15) is 76.8 Å². The first-order valence-corrected chi connectivity index (χ1v) is 12.2. The number of methoxy groups -OCH3 is 1. The van der Waals surface area contributed by atoms with Crippen LogP contribution in [0, 0.1) is 11.3 Å². The van der Waals surface area contributed by atoms with Gasteiger partial charge in [-0.1, -0.05) is 16.9 Å². The smallest absolute Gasteiger partial charge is 0.144 e. The standard InChI is InChI=1S/C24H35NO3S/c1-23(2,3)29(26)25-22-21-14-20(28-16-17-6-5-7-17)9-8-18(21)15-24(22)12-10-19(27-4)11-13-24/h8-9,14,17,19H,5-7,10-13,15-16H2,1-4H3/t19-,24-,29?. The minimum absolute atomic E-state index is 0.00906. The lowest BCUT2D eigenvalue weighted by molar-refractivity contribution is 0.0468. The van der Waals surface area contributed by atoms with Crippen molar-refractivity contribution >= 4 is 17.1 Å². The molecule has 0 aliphatic heterocycles. The van der Waals surface area contributed by atoms with E-state index in [2.05, 4.69) is 18.2 Å². The van der Waals surface area contributed by atoms with Crippen molar-refractivity contribution in [2.75, 3.05) is 13.7 Å².